The molecular formula is C29H29N3O7. The standard InChI is InChI=1S/C29H29N3O7/c1-4-39-28(35)20-9-6-10-21(15-20)30-26(33)17-25-27(34)32(22-11-7-13-24(16-22)38-3)29(36)31(25)18-19-8-5-12-23(14-19)37-2/h5-16,25H,4,17-18H2,1-3H3,(H,30,33)/t25-/m1/s1. The summed E-state index contributed by atoms with van der Waals surface area (Å²) in [6.45, 7) is 2.01. The van der Waals surface area contributed by atoms with Gasteiger partial charge in [0.05, 0.1) is 38.5 Å². The average molecular weight is 532 g/mol. The number of nitrogens with zero attached hydrogens (tertiary/aromatic N) is 2. The van der Waals surface area contributed by atoms with Gasteiger partial charge in [-0.3, -0.25) is 9.59 Å². The maximum absolute atomic E-state index is 13.6. The summed E-state index contributed by atoms with van der Waals surface area (Å²) in [5, 5.41) is 2.72. The summed E-state index contributed by atoms with van der Waals surface area (Å²) in [4.78, 5) is 54.8. The van der Waals surface area contributed by atoms with Gasteiger partial charge >= 0.3 is 12.0 Å². The van der Waals surface area contributed by atoms with Crippen molar-refractivity contribution in [2.45, 2.75) is 25.9 Å². The Morgan fingerprint density at radius 1 is 0.897 bits per heavy atom. The van der Waals surface area contributed by atoms with Gasteiger partial charge in [-0.25, -0.2) is 14.5 Å². The van der Waals surface area contributed by atoms with Crippen LogP contribution in [0.25, 0.3) is 0 Å². The molecule has 1 heterocycles. The molecule has 202 valence electrons. The predicted octanol–water partition coefficient (Wildman–Crippen LogP) is 4.25. The van der Waals surface area contributed by atoms with E-state index in [0.29, 0.717) is 22.9 Å². The highest BCUT2D eigenvalue weighted by Gasteiger charge is 2.46. The number of esters is 1. The summed E-state index contributed by atoms with van der Waals surface area (Å²) in [5.74, 6) is -0.457. The molecule has 0 unspecified atom stereocenters. The molecule has 10 nitrogen and oxygen atoms in total. The monoisotopic (exact) mass is 531 g/mol. The predicted molar refractivity (Wildman–Crippen MR) is 144 cm³/mol. The van der Waals surface area contributed by atoms with Crippen LogP contribution in [0.15, 0.2) is 72.8 Å². The molecule has 0 spiro atoms. The first kappa shape index (κ1) is 27.2. The van der Waals surface area contributed by atoms with Gasteiger partial charge in [0, 0.05) is 18.3 Å². The van der Waals surface area contributed by atoms with Crippen LogP contribution in [0.1, 0.15) is 29.3 Å². The number of imide groups is 1. The van der Waals surface area contributed by atoms with Crippen LogP contribution in [0.5, 0.6) is 11.5 Å². The van der Waals surface area contributed by atoms with Gasteiger partial charge in [0.25, 0.3) is 5.91 Å². The number of nitrogens with one attached hydrogen (secondary N) is 1. The van der Waals surface area contributed by atoms with Crippen molar-refractivity contribution in [2.75, 3.05) is 31.0 Å². The van der Waals surface area contributed by atoms with Gasteiger partial charge in [0.1, 0.15) is 17.5 Å². The lowest BCUT2D eigenvalue weighted by Gasteiger charge is -2.22. The highest BCUT2D eigenvalue weighted by atomic mass is 16.5. The fourth-order valence-corrected chi connectivity index (χ4v) is 4.29. The first-order valence-electron chi connectivity index (χ1n) is 12.3. The zero-order valence-electron chi connectivity index (χ0n) is 21.9. The third-order valence-electron chi connectivity index (χ3n) is 6.15. The molecule has 0 radical (unpaired) electrons. The Kier molecular flexibility index (Phi) is 8.45. The molecular weight excluding hydrogens is 502 g/mol. The second kappa shape index (κ2) is 12.1. The summed E-state index contributed by atoms with van der Waals surface area (Å²) in [7, 11) is 3.03. The number of rotatable bonds is 10. The number of methoxy groups -OCH3 is 2. The molecule has 3 aromatic rings. The maximum atomic E-state index is 13.6. The number of carbonyl (C=O) groups is 4. The molecule has 39 heavy (non-hydrogen) atoms. The highest BCUT2D eigenvalue weighted by Crippen LogP contribution is 2.31. The zero-order chi connectivity index (χ0) is 27.9. The van der Waals surface area contributed by atoms with Crippen molar-refractivity contribution >= 4 is 35.2 Å². The molecule has 0 bridgehead atoms. The molecule has 1 N–H and O–H groups in total. The minimum absolute atomic E-state index is 0.0819. The Morgan fingerprint density at radius 3 is 2.31 bits per heavy atom. The van der Waals surface area contributed by atoms with Crippen LogP contribution in [0.2, 0.25) is 0 Å². The van der Waals surface area contributed by atoms with Gasteiger partial charge in [-0.15, -0.1) is 0 Å². The van der Waals surface area contributed by atoms with E-state index in [2.05, 4.69) is 5.32 Å². The van der Waals surface area contributed by atoms with E-state index in [1.807, 2.05) is 6.07 Å². The van der Waals surface area contributed by atoms with Crippen molar-refractivity contribution in [3.8, 4) is 11.5 Å². The second-order valence-electron chi connectivity index (χ2n) is 8.71. The van der Waals surface area contributed by atoms with Gasteiger partial charge in [-0.05, 0) is 55.0 Å². The summed E-state index contributed by atoms with van der Waals surface area (Å²) in [5.41, 5.74) is 1.72. The Bertz CT molecular complexity index is 1390. The third-order valence-corrected chi connectivity index (χ3v) is 6.15. The molecule has 0 aliphatic carbocycles. The summed E-state index contributed by atoms with van der Waals surface area (Å²) in [6.07, 6.45) is -0.293. The lowest BCUT2D eigenvalue weighted by Crippen LogP contribution is -2.37. The number of ether oxygens (including phenoxy) is 3. The molecule has 1 fully saturated rings. The lowest BCUT2D eigenvalue weighted by atomic mass is 10.1. The lowest BCUT2D eigenvalue weighted by molar-refractivity contribution is -0.124. The Hall–Kier alpha value is -4.86. The number of benzene rings is 3. The Balaban J connectivity index is 1.60. The number of amides is 4. The number of anilines is 2. The van der Waals surface area contributed by atoms with Gasteiger partial charge < -0.3 is 24.4 Å². The number of urea groups is 1. The molecule has 1 aliphatic heterocycles. The topological polar surface area (TPSA) is 114 Å². The second-order valence-corrected chi connectivity index (χ2v) is 8.71. The van der Waals surface area contributed by atoms with Gasteiger partial charge in [-0.2, -0.15) is 0 Å². The van der Waals surface area contributed by atoms with Gasteiger partial charge in [0.2, 0.25) is 5.91 Å². The van der Waals surface area contributed by atoms with E-state index in [1.165, 1.54) is 25.2 Å². The van der Waals surface area contributed by atoms with E-state index in [4.69, 9.17) is 14.2 Å². The largest absolute Gasteiger partial charge is 0.497 e. The molecule has 4 amide bonds. The molecule has 10 heteroatoms. The molecule has 1 aliphatic rings. The van der Waals surface area contributed by atoms with Crippen LogP contribution in [-0.4, -0.2) is 55.6 Å². The Morgan fingerprint density at radius 2 is 1.59 bits per heavy atom. The van der Waals surface area contributed by atoms with Gasteiger partial charge in [-0.1, -0.05) is 24.3 Å². The molecule has 1 saturated heterocycles. The first-order chi connectivity index (χ1) is 18.8. The van der Waals surface area contributed by atoms with Gasteiger partial charge in [0.15, 0.2) is 0 Å². The summed E-state index contributed by atoms with van der Waals surface area (Å²) >= 11 is 0. The van der Waals surface area contributed by atoms with E-state index < -0.39 is 29.9 Å². The zero-order valence-corrected chi connectivity index (χ0v) is 21.9. The molecule has 4 rings (SSSR count). The highest BCUT2D eigenvalue weighted by molar-refractivity contribution is 6.22. The van der Waals surface area contributed by atoms with Crippen molar-refractivity contribution in [3.63, 3.8) is 0 Å². The SMILES string of the molecule is CCOC(=O)c1cccc(NC(=O)C[C@@H]2C(=O)N(c3cccc(OC)c3)C(=O)N2Cc2cccc(OC)c2)c1. The smallest absolute Gasteiger partial charge is 0.338 e. The average Bonchev–Trinajstić information content (AvgIpc) is 3.17. The van der Waals surface area contributed by atoms with E-state index in [-0.39, 0.29) is 25.1 Å². The van der Waals surface area contributed by atoms with Crippen molar-refractivity contribution < 1.29 is 33.4 Å². The summed E-state index contributed by atoms with van der Waals surface area (Å²) < 4.78 is 15.6. The first-order valence-corrected chi connectivity index (χ1v) is 12.3. The van der Waals surface area contributed by atoms with Crippen LogP contribution in [-0.2, 0) is 20.9 Å². The molecule has 3 aromatic carbocycles. The molecule has 1 atom stereocenters. The van der Waals surface area contributed by atoms with Crippen molar-refractivity contribution in [3.05, 3.63) is 83.9 Å². The fourth-order valence-electron chi connectivity index (χ4n) is 4.29. The van der Waals surface area contributed by atoms with Crippen LogP contribution >= 0.6 is 0 Å². The van der Waals surface area contributed by atoms with Crippen LogP contribution in [0.4, 0.5) is 16.2 Å². The fraction of sp³-hybridized carbons (Fsp3) is 0.241. The van der Waals surface area contributed by atoms with E-state index >= 15 is 0 Å². The van der Waals surface area contributed by atoms with Crippen molar-refractivity contribution in [1.82, 2.24) is 4.90 Å². The minimum Gasteiger partial charge on any atom is -0.497 e. The number of hydrogen-bond donors (Lipinski definition) is 1. The summed E-state index contributed by atoms with van der Waals surface area (Å²) in [6, 6.07) is 18.4. The number of hydrogen-bond acceptors (Lipinski definition) is 7. The van der Waals surface area contributed by atoms with Crippen molar-refractivity contribution in [2.24, 2.45) is 0 Å². The Labute approximate surface area is 226 Å². The third kappa shape index (κ3) is 6.18. The maximum Gasteiger partial charge on any atom is 0.338 e. The van der Waals surface area contributed by atoms with Crippen LogP contribution < -0.4 is 19.7 Å². The van der Waals surface area contributed by atoms with E-state index in [1.54, 1.807) is 67.6 Å². The normalized spacial score (nSPS) is 14.8. The van der Waals surface area contributed by atoms with Crippen LogP contribution in [0.3, 0.4) is 0 Å². The van der Waals surface area contributed by atoms with Crippen molar-refractivity contribution in [1.29, 1.82) is 0 Å². The van der Waals surface area contributed by atoms with Crippen LogP contribution in [0, 0.1) is 0 Å². The molecule has 0 saturated carbocycles. The molecule has 0 aromatic heterocycles. The quantitative estimate of drug-likeness (QED) is 0.307. The number of carbonyl (C=O) groups excluding carboxylic acids is 4. The minimum atomic E-state index is -1.07. The van der Waals surface area contributed by atoms with E-state index in [9.17, 15) is 19.2 Å². The van der Waals surface area contributed by atoms with E-state index in [0.717, 1.165) is 10.5 Å².